The summed E-state index contributed by atoms with van der Waals surface area (Å²) in [7, 11) is 0. The summed E-state index contributed by atoms with van der Waals surface area (Å²) in [5.41, 5.74) is -0.793. The third-order valence-electron chi connectivity index (χ3n) is 2.55. The van der Waals surface area contributed by atoms with Gasteiger partial charge in [0, 0.05) is 10.7 Å². The Balaban J connectivity index is 2.38. The van der Waals surface area contributed by atoms with Crippen LogP contribution in [0, 0.1) is 11.8 Å². The van der Waals surface area contributed by atoms with E-state index in [0.717, 1.165) is 12.3 Å². The summed E-state index contributed by atoms with van der Waals surface area (Å²) in [6, 6.07) is 5.08. The molecule has 0 bridgehead atoms. The van der Waals surface area contributed by atoms with E-state index >= 15 is 0 Å². The van der Waals surface area contributed by atoms with Crippen LogP contribution in [0.25, 0.3) is 0 Å². The molecule has 0 aliphatic carbocycles. The van der Waals surface area contributed by atoms with Gasteiger partial charge in [-0.05, 0) is 24.3 Å². The highest BCUT2D eigenvalue weighted by atomic mass is 79.9. The van der Waals surface area contributed by atoms with Gasteiger partial charge in [0.1, 0.15) is 0 Å². The number of amides is 1. The zero-order chi connectivity index (χ0) is 15.6. The van der Waals surface area contributed by atoms with Gasteiger partial charge in [0.2, 0.25) is 5.95 Å². The van der Waals surface area contributed by atoms with E-state index in [2.05, 4.69) is 26.2 Å². The van der Waals surface area contributed by atoms with Crippen LogP contribution in [0.1, 0.15) is 20.7 Å². The van der Waals surface area contributed by atoms with E-state index in [9.17, 15) is 18.4 Å². The highest BCUT2D eigenvalue weighted by Crippen LogP contribution is 2.22. The van der Waals surface area contributed by atoms with E-state index in [1.54, 1.807) is 0 Å². The number of carbonyl (C=O) groups excluding carboxylic acids is 1. The van der Waals surface area contributed by atoms with Crippen LogP contribution in [-0.2, 0) is 0 Å². The smallest absolute Gasteiger partial charge is 0.337 e. The quantitative estimate of drug-likeness (QED) is 0.828. The number of pyridine rings is 1. The minimum Gasteiger partial charge on any atom is -0.478 e. The van der Waals surface area contributed by atoms with E-state index in [1.807, 2.05) is 0 Å². The van der Waals surface area contributed by atoms with Gasteiger partial charge in [-0.3, -0.25) is 4.79 Å². The maximum absolute atomic E-state index is 13.5. The van der Waals surface area contributed by atoms with Crippen molar-refractivity contribution in [3.63, 3.8) is 0 Å². The zero-order valence-electron chi connectivity index (χ0n) is 10.2. The molecule has 2 aromatic rings. The standard InChI is InChI=1S/C13H7BrF2N2O3/c14-6-1-2-7(13(20)21)9(5-6)18-12(19)8-3-4-17-11(16)10(8)15/h1-5H,(H,18,19)(H,20,21). The first-order valence-electron chi connectivity index (χ1n) is 5.54. The number of aromatic nitrogens is 1. The number of aromatic carboxylic acids is 1. The summed E-state index contributed by atoms with van der Waals surface area (Å²) in [4.78, 5) is 26.0. The topological polar surface area (TPSA) is 79.3 Å². The van der Waals surface area contributed by atoms with Crippen molar-refractivity contribution in [3.05, 3.63) is 57.8 Å². The van der Waals surface area contributed by atoms with Crippen molar-refractivity contribution in [2.24, 2.45) is 0 Å². The molecule has 0 atom stereocenters. The average Bonchev–Trinajstić information content (AvgIpc) is 2.41. The molecule has 0 fully saturated rings. The molecule has 0 spiro atoms. The molecule has 1 amide bonds. The monoisotopic (exact) mass is 356 g/mol. The lowest BCUT2D eigenvalue weighted by Gasteiger charge is -2.09. The molecule has 1 aromatic heterocycles. The molecule has 0 radical (unpaired) electrons. The van der Waals surface area contributed by atoms with Gasteiger partial charge in [-0.15, -0.1) is 0 Å². The average molecular weight is 357 g/mol. The van der Waals surface area contributed by atoms with Crippen molar-refractivity contribution < 1.29 is 23.5 Å². The van der Waals surface area contributed by atoms with E-state index in [1.165, 1.54) is 18.2 Å². The third kappa shape index (κ3) is 3.22. The summed E-state index contributed by atoms with van der Waals surface area (Å²) in [6.07, 6.45) is 0.937. The molecule has 5 nitrogen and oxygen atoms in total. The minimum atomic E-state index is -1.41. The Bertz CT molecular complexity index is 737. The van der Waals surface area contributed by atoms with Crippen LogP contribution in [-0.4, -0.2) is 22.0 Å². The third-order valence-corrected chi connectivity index (χ3v) is 3.04. The Labute approximate surface area is 125 Å². The first-order chi connectivity index (χ1) is 9.90. The first kappa shape index (κ1) is 15.0. The van der Waals surface area contributed by atoms with Crippen molar-refractivity contribution in [2.75, 3.05) is 5.32 Å². The van der Waals surface area contributed by atoms with Gasteiger partial charge in [-0.2, -0.15) is 4.39 Å². The number of nitrogens with zero attached hydrogens (tertiary/aromatic N) is 1. The summed E-state index contributed by atoms with van der Waals surface area (Å²) in [5, 5.41) is 11.3. The van der Waals surface area contributed by atoms with Gasteiger partial charge >= 0.3 is 5.97 Å². The summed E-state index contributed by atoms with van der Waals surface area (Å²) in [6.45, 7) is 0. The van der Waals surface area contributed by atoms with Crippen LogP contribution in [0.2, 0.25) is 0 Å². The van der Waals surface area contributed by atoms with Gasteiger partial charge in [0.15, 0.2) is 5.82 Å². The number of anilines is 1. The fraction of sp³-hybridized carbons (Fsp3) is 0. The number of carboxylic acid groups (broad SMARTS) is 1. The van der Waals surface area contributed by atoms with Crippen molar-refractivity contribution in [3.8, 4) is 0 Å². The fourth-order valence-electron chi connectivity index (χ4n) is 1.59. The molecular weight excluding hydrogens is 350 g/mol. The Morgan fingerprint density at radius 2 is 1.90 bits per heavy atom. The second-order valence-electron chi connectivity index (χ2n) is 3.91. The molecule has 0 aliphatic rings. The molecule has 1 heterocycles. The van der Waals surface area contributed by atoms with Crippen LogP contribution in [0.3, 0.4) is 0 Å². The number of hydrogen-bond acceptors (Lipinski definition) is 3. The number of hydrogen-bond donors (Lipinski definition) is 2. The summed E-state index contributed by atoms with van der Waals surface area (Å²) in [5.74, 6) is -5.05. The van der Waals surface area contributed by atoms with Crippen LogP contribution < -0.4 is 5.32 Å². The second kappa shape index (κ2) is 5.96. The fourth-order valence-corrected chi connectivity index (χ4v) is 1.95. The largest absolute Gasteiger partial charge is 0.478 e. The van der Waals surface area contributed by atoms with Crippen molar-refractivity contribution in [1.29, 1.82) is 0 Å². The normalized spacial score (nSPS) is 10.2. The van der Waals surface area contributed by atoms with Gasteiger partial charge in [-0.1, -0.05) is 15.9 Å². The predicted octanol–water partition coefficient (Wildman–Crippen LogP) is 3.07. The number of benzene rings is 1. The van der Waals surface area contributed by atoms with Crippen LogP contribution in [0.5, 0.6) is 0 Å². The van der Waals surface area contributed by atoms with Crippen molar-refractivity contribution >= 4 is 33.5 Å². The predicted molar refractivity (Wildman–Crippen MR) is 73.2 cm³/mol. The SMILES string of the molecule is O=C(O)c1ccc(Br)cc1NC(=O)c1ccnc(F)c1F. The number of rotatable bonds is 3. The first-order valence-corrected chi connectivity index (χ1v) is 6.33. The highest BCUT2D eigenvalue weighted by molar-refractivity contribution is 9.10. The molecule has 0 saturated carbocycles. The Hall–Kier alpha value is -2.35. The van der Waals surface area contributed by atoms with E-state index < -0.39 is 29.2 Å². The minimum absolute atomic E-state index is 0.0431. The molecule has 21 heavy (non-hydrogen) atoms. The molecule has 2 N–H and O–H groups in total. The molecule has 8 heteroatoms. The zero-order valence-corrected chi connectivity index (χ0v) is 11.8. The van der Waals surface area contributed by atoms with Gasteiger partial charge in [0.05, 0.1) is 16.8 Å². The van der Waals surface area contributed by atoms with Crippen molar-refractivity contribution in [1.82, 2.24) is 4.98 Å². The summed E-state index contributed by atoms with van der Waals surface area (Å²) >= 11 is 3.13. The molecule has 1 aromatic carbocycles. The van der Waals surface area contributed by atoms with E-state index in [-0.39, 0.29) is 11.3 Å². The van der Waals surface area contributed by atoms with Crippen LogP contribution >= 0.6 is 15.9 Å². The molecule has 0 aliphatic heterocycles. The molecule has 2 rings (SSSR count). The molecule has 108 valence electrons. The Kier molecular flexibility index (Phi) is 4.27. The Morgan fingerprint density at radius 1 is 1.19 bits per heavy atom. The molecular formula is C13H7BrF2N2O3. The lowest BCUT2D eigenvalue weighted by atomic mass is 10.1. The molecule has 0 unspecified atom stereocenters. The Morgan fingerprint density at radius 3 is 2.57 bits per heavy atom. The van der Waals surface area contributed by atoms with Crippen molar-refractivity contribution in [2.45, 2.75) is 0 Å². The van der Waals surface area contributed by atoms with Gasteiger partial charge in [-0.25, -0.2) is 14.2 Å². The number of carboxylic acids is 1. The van der Waals surface area contributed by atoms with Crippen LogP contribution in [0.4, 0.5) is 14.5 Å². The maximum atomic E-state index is 13.5. The second-order valence-corrected chi connectivity index (χ2v) is 4.83. The molecule has 0 saturated heterocycles. The van der Waals surface area contributed by atoms with Crippen LogP contribution in [0.15, 0.2) is 34.9 Å². The summed E-state index contributed by atoms with van der Waals surface area (Å²) < 4.78 is 27.0. The highest BCUT2D eigenvalue weighted by Gasteiger charge is 2.19. The van der Waals surface area contributed by atoms with E-state index in [0.29, 0.717) is 4.47 Å². The lowest BCUT2D eigenvalue weighted by molar-refractivity contribution is 0.0698. The number of carbonyl (C=O) groups is 2. The lowest BCUT2D eigenvalue weighted by Crippen LogP contribution is -2.17. The van der Waals surface area contributed by atoms with Gasteiger partial charge in [0.25, 0.3) is 5.91 Å². The van der Waals surface area contributed by atoms with Gasteiger partial charge < -0.3 is 10.4 Å². The van der Waals surface area contributed by atoms with E-state index in [4.69, 9.17) is 5.11 Å². The number of halogens is 3. The number of nitrogens with one attached hydrogen (secondary N) is 1. The maximum Gasteiger partial charge on any atom is 0.337 e.